The van der Waals surface area contributed by atoms with Crippen molar-refractivity contribution in [3.8, 4) is 0 Å². The monoisotopic (exact) mass is 420 g/mol. The highest BCUT2D eigenvalue weighted by Gasteiger charge is 2.22. The number of unbranched alkanes of at least 4 members (excludes halogenated alkanes) is 16. The predicted octanol–water partition coefficient (Wildman–Crippen LogP) is 9.32. The van der Waals surface area contributed by atoms with E-state index in [1.165, 1.54) is 122 Å². The fraction of sp³-hybridized carbons (Fsp3) is 0.893. The molecule has 0 aromatic heterocycles. The lowest BCUT2D eigenvalue weighted by Gasteiger charge is -2.05. The molecule has 0 aliphatic heterocycles. The van der Waals surface area contributed by atoms with Crippen LogP contribution in [-0.2, 0) is 9.53 Å². The molecular weight excluding hydrogens is 368 g/mol. The number of rotatable bonds is 23. The molecule has 30 heavy (non-hydrogen) atoms. The van der Waals surface area contributed by atoms with Crippen molar-refractivity contribution < 1.29 is 9.53 Å². The Kier molecular flexibility index (Phi) is 19.5. The standard InChI is InChI=1S/C28H52O2/c1-2-3-4-5-6-7-8-9-10-11-12-13-14-15-16-17-18-19-20-21-26-30-28(29)25-24-27-22-23-27/h9-10,27H,2-8,11-26H2,1H3/b10-9+. The molecule has 0 aromatic carbocycles. The summed E-state index contributed by atoms with van der Waals surface area (Å²) in [6.45, 7) is 2.92. The average Bonchev–Trinajstić information content (AvgIpc) is 3.58. The van der Waals surface area contributed by atoms with Gasteiger partial charge in [-0.25, -0.2) is 0 Å². The van der Waals surface area contributed by atoms with Crippen LogP contribution in [0.15, 0.2) is 12.2 Å². The Bertz CT molecular complexity index is 397. The van der Waals surface area contributed by atoms with E-state index in [1.54, 1.807) is 0 Å². The maximum atomic E-state index is 11.6. The van der Waals surface area contributed by atoms with Gasteiger partial charge >= 0.3 is 5.97 Å². The first-order valence-corrected chi connectivity index (χ1v) is 13.6. The molecule has 1 rings (SSSR count). The Balaban J connectivity index is 1.66. The van der Waals surface area contributed by atoms with Gasteiger partial charge in [0.05, 0.1) is 6.61 Å². The SMILES string of the molecule is CCCCCCCC/C=C/CCCCCCCCCCCCOC(=O)CCC1CC1. The van der Waals surface area contributed by atoms with E-state index in [2.05, 4.69) is 19.1 Å². The van der Waals surface area contributed by atoms with Crippen molar-refractivity contribution >= 4 is 5.97 Å². The van der Waals surface area contributed by atoms with E-state index in [0.717, 1.165) is 18.8 Å². The topological polar surface area (TPSA) is 26.3 Å². The maximum Gasteiger partial charge on any atom is 0.305 e. The number of hydrogen-bond acceptors (Lipinski definition) is 2. The van der Waals surface area contributed by atoms with Crippen LogP contribution in [0.3, 0.4) is 0 Å². The van der Waals surface area contributed by atoms with Crippen molar-refractivity contribution in [1.29, 1.82) is 0 Å². The normalized spacial score (nSPS) is 13.9. The molecule has 0 saturated heterocycles. The second-order valence-electron chi connectivity index (χ2n) is 9.55. The van der Waals surface area contributed by atoms with Crippen molar-refractivity contribution in [2.45, 2.75) is 148 Å². The first-order valence-electron chi connectivity index (χ1n) is 13.6. The summed E-state index contributed by atoms with van der Waals surface area (Å²) in [7, 11) is 0. The number of allylic oxidation sites excluding steroid dienone is 2. The van der Waals surface area contributed by atoms with Crippen LogP contribution in [0.5, 0.6) is 0 Å². The molecular formula is C28H52O2. The largest absolute Gasteiger partial charge is 0.466 e. The molecule has 2 nitrogen and oxygen atoms in total. The second kappa shape index (κ2) is 21.4. The van der Waals surface area contributed by atoms with Crippen molar-refractivity contribution in [3.05, 3.63) is 12.2 Å². The average molecular weight is 421 g/mol. The lowest BCUT2D eigenvalue weighted by atomic mass is 10.1. The van der Waals surface area contributed by atoms with E-state index in [-0.39, 0.29) is 5.97 Å². The van der Waals surface area contributed by atoms with Gasteiger partial charge in [-0.3, -0.25) is 4.79 Å². The predicted molar refractivity (Wildman–Crippen MR) is 131 cm³/mol. The van der Waals surface area contributed by atoms with Crippen molar-refractivity contribution in [1.82, 2.24) is 0 Å². The quantitative estimate of drug-likeness (QED) is 0.0934. The number of carbonyl (C=O) groups excluding carboxylic acids is 1. The lowest BCUT2D eigenvalue weighted by molar-refractivity contribution is -0.144. The van der Waals surface area contributed by atoms with Crippen molar-refractivity contribution in [2.75, 3.05) is 6.61 Å². The Hall–Kier alpha value is -0.790. The summed E-state index contributed by atoms with van der Waals surface area (Å²) >= 11 is 0. The molecule has 2 heteroatoms. The van der Waals surface area contributed by atoms with Gasteiger partial charge in [-0.2, -0.15) is 0 Å². The van der Waals surface area contributed by atoms with E-state index >= 15 is 0 Å². The molecule has 0 amide bonds. The van der Waals surface area contributed by atoms with E-state index in [1.807, 2.05) is 0 Å². The summed E-state index contributed by atoms with van der Waals surface area (Å²) in [5.41, 5.74) is 0. The Morgan fingerprint density at radius 2 is 1.17 bits per heavy atom. The lowest BCUT2D eigenvalue weighted by Crippen LogP contribution is -2.05. The van der Waals surface area contributed by atoms with Gasteiger partial charge in [0.1, 0.15) is 0 Å². The molecule has 0 aromatic rings. The highest BCUT2D eigenvalue weighted by Crippen LogP contribution is 2.33. The second-order valence-corrected chi connectivity index (χ2v) is 9.55. The summed E-state index contributed by atoms with van der Waals surface area (Å²) < 4.78 is 5.31. The zero-order valence-electron chi connectivity index (χ0n) is 20.3. The van der Waals surface area contributed by atoms with Gasteiger partial charge in [0.15, 0.2) is 0 Å². The Labute approximate surface area is 188 Å². The number of esters is 1. The highest BCUT2D eigenvalue weighted by molar-refractivity contribution is 5.69. The third-order valence-corrected chi connectivity index (χ3v) is 6.37. The molecule has 176 valence electrons. The van der Waals surface area contributed by atoms with Crippen LogP contribution in [0.4, 0.5) is 0 Å². The molecule has 1 aliphatic carbocycles. The van der Waals surface area contributed by atoms with Gasteiger partial charge in [-0.15, -0.1) is 0 Å². The van der Waals surface area contributed by atoms with Crippen LogP contribution in [0, 0.1) is 5.92 Å². The van der Waals surface area contributed by atoms with Crippen LogP contribution in [-0.4, -0.2) is 12.6 Å². The molecule has 0 bridgehead atoms. The highest BCUT2D eigenvalue weighted by atomic mass is 16.5. The number of carbonyl (C=O) groups is 1. The minimum absolute atomic E-state index is 0.0233. The van der Waals surface area contributed by atoms with Crippen LogP contribution >= 0.6 is 0 Å². The molecule has 0 spiro atoms. The summed E-state index contributed by atoms with van der Waals surface area (Å²) in [5.74, 6) is 0.851. The molecule has 0 radical (unpaired) electrons. The summed E-state index contributed by atoms with van der Waals surface area (Å²) in [6, 6.07) is 0. The molecule has 0 heterocycles. The Morgan fingerprint density at radius 1 is 0.700 bits per heavy atom. The minimum atomic E-state index is 0.0233. The zero-order valence-corrected chi connectivity index (χ0v) is 20.3. The summed E-state index contributed by atoms with van der Waals surface area (Å²) in [6.07, 6.45) is 33.4. The van der Waals surface area contributed by atoms with E-state index in [9.17, 15) is 4.79 Å². The Morgan fingerprint density at radius 3 is 1.67 bits per heavy atom. The van der Waals surface area contributed by atoms with Crippen LogP contribution in [0.1, 0.15) is 148 Å². The molecule has 0 unspecified atom stereocenters. The molecule has 0 atom stereocenters. The van der Waals surface area contributed by atoms with Gasteiger partial charge in [0, 0.05) is 6.42 Å². The number of hydrogen-bond donors (Lipinski definition) is 0. The fourth-order valence-electron chi connectivity index (χ4n) is 4.04. The van der Waals surface area contributed by atoms with Gasteiger partial charge in [0.2, 0.25) is 0 Å². The first-order chi connectivity index (χ1) is 14.8. The zero-order chi connectivity index (χ0) is 21.5. The molecule has 1 aliphatic rings. The van der Waals surface area contributed by atoms with Gasteiger partial charge < -0.3 is 4.74 Å². The summed E-state index contributed by atoms with van der Waals surface area (Å²) in [5, 5.41) is 0. The van der Waals surface area contributed by atoms with E-state index < -0.39 is 0 Å². The maximum absolute atomic E-state index is 11.6. The van der Waals surface area contributed by atoms with Gasteiger partial charge in [0.25, 0.3) is 0 Å². The van der Waals surface area contributed by atoms with Gasteiger partial charge in [-0.05, 0) is 44.4 Å². The van der Waals surface area contributed by atoms with Crippen LogP contribution < -0.4 is 0 Å². The fourth-order valence-corrected chi connectivity index (χ4v) is 4.04. The third-order valence-electron chi connectivity index (χ3n) is 6.37. The molecule has 1 saturated carbocycles. The van der Waals surface area contributed by atoms with Crippen molar-refractivity contribution in [2.24, 2.45) is 5.92 Å². The smallest absolute Gasteiger partial charge is 0.305 e. The van der Waals surface area contributed by atoms with E-state index in [4.69, 9.17) is 4.74 Å². The van der Waals surface area contributed by atoms with Crippen molar-refractivity contribution in [3.63, 3.8) is 0 Å². The molecule has 1 fully saturated rings. The van der Waals surface area contributed by atoms with Crippen LogP contribution in [0.25, 0.3) is 0 Å². The van der Waals surface area contributed by atoms with Gasteiger partial charge in [-0.1, -0.05) is 115 Å². The minimum Gasteiger partial charge on any atom is -0.466 e. The van der Waals surface area contributed by atoms with Crippen LogP contribution in [0.2, 0.25) is 0 Å². The summed E-state index contributed by atoms with van der Waals surface area (Å²) in [4.78, 5) is 11.6. The number of ether oxygens (including phenoxy) is 1. The molecule has 0 N–H and O–H groups in total. The third kappa shape index (κ3) is 20.5. The first kappa shape index (κ1) is 27.2. The van der Waals surface area contributed by atoms with E-state index in [0.29, 0.717) is 13.0 Å².